The molecule has 0 saturated carbocycles. The van der Waals surface area contributed by atoms with Gasteiger partial charge in [-0.1, -0.05) is 13.8 Å². The Labute approximate surface area is 121 Å². The van der Waals surface area contributed by atoms with Crippen LogP contribution in [0.25, 0.3) is 0 Å². The van der Waals surface area contributed by atoms with Crippen molar-refractivity contribution in [2.24, 2.45) is 5.41 Å². The zero-order valence-corrected chi connectivity index (χ0v) is 13.0. The summed E-state index contributed by atoms with van der Waals surface area (Å²) in [5.74, 6) is 0.927. The number of likely N-dealkylation sites (tertiary alicyclic amines) is 1. The van der Waals surface area contributed by atoms with Crippen molar-refractivity contribution in [3.8, 4) is 0 Å². The van der Waals surface area contributed by atoms with Gasteiger partial charge in [0.2, 0.25) is 5.91 Å². The van der Waals surface area contributed by atoms with E-state index < -0.39 is 0 Å². The highest BCUT2D eigenvalue weighted by atomic mass is 16.1. The van der Waals surface area contributed by atoms with Crippen LogP contribution in [0.2, 0.25) is 0 Å². The van der Waals surface area contributed by atoms with Gasteiger partial charge >= 0.3 is 0 Å². The Bertz CT molecular complexity index is 466. The van der Waals surface area contributed by atoms with Crippen LogP contribution in [0.15, 0.2) is 12.4 Å². The Morgan fingerprint density at radius 2 is 2.30 bits per heavy atom. The molecule has 112 valence electrons. The average Bonchev–Trinajstić information content (AvgIpc) is 2.73. The van der Waals surface area contributed by atoms with Crippen molar-refractivity contribution < 1.29 is 4.79 Å². The van der Waals surface area contributed by atoms with Crippen molar-refractivity contribution in [3.63, 3.8) is 0 Å². The number of aryl methyl sites for hydroxylation is 1. The normalized spacial score (nSPS) is 22.7. The van der Waals surface area contributed by atoms with Crippen LogP contribution in [-0.4, -0.2) is 46.5 Å². The molecule has 0 radical (unpaired) electrons. The third-order valence-corrected chi connectivity index (χ3v) is 4.50. The smallest absolute Gasteiger partial charge is 0.240 e. The molecule has 1 amide bonds. The lowest BCUT2D eigenvalue weighted by molar-refractivity contribution is -0.122. The number of nitrogens with zero attached hydrogens (tertiary/aromatic N) is 3. The van der Waals surface area contributed by atoms with Crippen molar-refractivity contribution in [3.05, 3.63) is 18.2 Å². The summed E-state index contributed by atoms with van der Waals surface area (Å²) in [5.41, 5.74) is 0.255. The molecule has 0 aromatic carbocycles. The average molecular weight is 278 g/mol. The lowest BCUT2D eigenvalue weighted by atomic mass is 9.76. The highest BCUT2D eigenvalue weighted by Gasteiger charge is 2.35. The van der Waals surface area contributed by atoms with Gasteiger partial charge in [-0.2, -0.15) is 0 Å². The third-order valence-electron chi connectivity index (χ3n) is 4.50. The summed E-state index contributed by atoms with van der Waals surface area (Å²) in [6.45, 7) is 8.67. The van der Waals surface area contributed by atoms with E-state index in [2.05, 4.69) is 36.1 Å². The molecular formula is C15H26N4O. The summed E-state index contributed by atoms with van der Waals surface area (Å²) in [5, 5.41) is 3.07. The van der Waals surface area contributed by atoms with E-state index in [0.717, 1.165) is 18.9 Å². The van der Waals surface area contributed by atoms with E-state index in [0.29, 0.717) is 12.6 Å². The molecule has 0 bridgehead atoms. The van der Waals surface area contributed by atoms with Gasteiger partial charge in [0.15, 0.2) is 0 Å². The first kappa shape index (κ1) is 15.0. The second-order valence-corrected chi connectivity index (χ2v) is 6.49. The first-order valence-corrected chi connectivity index (χ1v) is 7.35. The van der Waals surface area contributed by atoms with Gasteiger partial charge in [0, 0.05) is 25.0 Å². The summed E-state index contributed by atoms with van der Waals surface area (Å²) in [4.78, 5) is 18.5. The van der Waals surface area contributed by atoms with Crippen LogP contribution >= 0.6 is 0 Å². The molecule has 1 unspecified atom stereocenters. The predicted octanol–water partition coefficient (Wildman–Crippen LogP) is 1.43. The summed E-state index contributed by atoms with van der Waals surface area (Å²) >= 11 is 0. The molecule has 1 aromatic heterocycles. The summed E-state index contributed by atoms with van der Waals surface area (Å²) < 4.78 is 1.87. The van der Waals surface area contributed by atoms with E-state index in [4.69, 9.17) is 0 Å². The van der Waals surface area contributed by atoms with Crippen molar-refractivity contribution in [2.45, 2.75) is 46.2 Å². The van der Waals surface area contributed by atoms with E-state index in [1.807, 2.05) is 17.7 Å². The van der Waals surface area contributed by atoms with Gasteiger partial charge < -0.3 is 14.8 Å². The third kappa shape index (κ3) is 3.39. The fourth-order valence-corrected chi connectivity index (χ4v) is 3.13. The van der Waals surface area contributed by atoms with E-state index in [1.165, 1.54) is 12.8 Å². The van der Waals surface area contributed by atoms with Gasteiger partial charge in [0.05, 0.1) is 0 Å². The quantitative estimate of drug-likeness (QED) is 0.906. The van der Waals surface area contributed by atoms with Gasteiger partial charge in [-0.05, 0) is 38.8 Å². The molecule has 1 atom stereocenters. The molecule has 2 rings (SSSR count). The molecule has 1 N–H and O–H groups in total. The summed E-state index contributed by atoms with van der Waals surface area (Å²) in [6.07, 6.45) is 6.02. The molecule has 20 heavy (non-hydrogen) atoms. The van der Waals surface area contributed by atoms with Crippen molar-refractivity contribution in [1.29, 1.82) is 0 Å². The number of nitrogens with one attached hydrogen (secondary N) is 1. The topological polar surface area (TPSA) is 50.2 Å². The Balaban J connectivity index is 1.87. The molecule has 0 spiro atoms. The van der Waals surface area contributed by atoms with E-state index in [1.54, 1.807) is 6.20 Å². The standard InChI is InChI=1S/C15H26N4O/c1-12-16-7-9-19(12)11-14(20)17-10-13-15(2,3)6-5-8-18(13)4/h7,9,13H,5-6,8,10-11H2,1-4H3,(H,17,20). The molecular weight excluding hydrogens is 252 g/mol. The lowest BCUT2D eigenvalue weighted by Crippen LogP contribution is -2.53. The van der Waals surface area contributed by atoms with Gasteiger partial charge in [0.1, 0.15) is 12.4 Å². The van der Waals surface area contributed by atoms with Crippen molar-refractivity contribution >= 4 is 5.91 Å². The van der Waals surface area contributed by atoms with Gasteiger partial charge in [-0.25, -0.2) is 4.98 Å². The largest absolute Gasteiger partial charge is 0.353 e. The fourth-order valence-electron chi connectivity index (χ4n) is 3.13. The van der Waals surface area contributed by atoms with Crippen LogP contribution in [0, 0.1) is 12.3 Å². The zero-order chi connectivity index (χ0) is 14.8. The molecule has 5 heteroatoms. The van der Waals surface area contributed by atoms with Crippen molar-refractivity contribution in [1.82, 2.24) is 19.8 Å². The monoisotopic (exact) mass is 278 g/mol. The van der Waals surface area contributed by atoms with Crippen LogP contribution in [0.5, 0.6) is 0 Å². The number of rotatable bonds is 4. The van der Waals surface area contributed by atoms with E-state index in [-0.39, 0.29) is 11.3 Å². The molecule has 1 aromatic rings. The minimum Gasteiger partial charge on any atom is -0.353 e. The predicted molar refractivity (Wildman–Crippen MR) is 79.4 cm³/mol. The van der Waals surface area contributed by atoms with E-state index in [9.17, 15) is 4.79 Å². The number of hydrogen-bond acceptors (Lipinski definition) is 3. The minimum absolute atomic E-state index is 0.0564. The maximum absolute atomic E-state index is 12.0. The maximum Gasteiger partial charge on any atom is 0.240 e. The number of piperidine rings is 1. The summed E-state index contributed by atoms with van der Waals surface area (Å²) in [6, 6.07) is 0.407. The Morgan fingerprint density at radius 1 is 1.55 bits per heavy atom. The summed E-state index contributed by atoms with van der Waals surface area (Å²) in [7, 11) is 2.15. The Morgan fingerprint density at radius 3 is 2.90 bits per heavy atom. The zero-order valence-electron chi connectivity index (χ0n) is 13.0. The van der Waals surface area contributed by atoms with Gasteiger partial charge in [0.25, 0.3) is 0 Å². The van der Waals surface area contributed by atoms with Crippen LogP contribution < -0.4 is 5.32 Å². The van der Waals surface area contributed by atoms with Gasteiger partial charge in [-0.15, -0.1) is 0 Å². The number of imidazole rings is 1. The first-order chi connectivity index (χ1) is 9.40. The number of carbonyl (C=O) groups is 1. The minimum atomic E-state index is 0.0564. The SMILES string of the molecule is Cc1nccn1CC(=O)NCC1N(C)CCCC1(C)C. The number of amides is 1. The van der Waals surface area contributed by atoms with Crippen LogP contribution in [0.1, 0.15) is 32.5 Å². The highest BCUT2D eigenvalue weighted by Crippen LogP contribution is 2.33. The lowest BCUT2D eigenvalue weighted by Gasteiger charge is -2.45. The number of aromatic nitrogens is 2. The molecule has 1 aliphatic rings. The number of carbonyl (C=O) groups excluding carboxylic acids is 1. The first-order valence-electron chi connectivity index (χ1n) is 7.35. The molecule has 1 fully saturated rings. The molecule has 1 aliphatic heterocycles. The Kier molecular flexibility index (Phi) is 4.48. The second-order valence-electron chi connectivity index (χ2n) is 6.49. The fraction of sp³-hybridized carbons (Fsp3) is 0.733. The highest BCUT2D eigenvalue weighted by molar-refractivity contribution is 5.75. The van der Waals surface area contributed by atoms with Crippen LogP contribution in [0.4, 0.5) is 0 Å². The molecule has 2 heterocycles. The van der Waals surface area contributed by atoms with Crippen LogP contribution in [-0.2, 0) is 11.3 Å². The Hall–Kier alpha value is -1.36. The van der Waals surface area contributed by atoms with Crippen LogP contribution in [0.3, 0.4) is 0 Å². The second kappa shape index (κ2) is 5.95. The number of likely N-dealkylation sites (N-methyl/N-ethyl adjacent to an activating group) is 1. The van der Waals surface area contributed by atoms with Crippen molar-refractivity contribution in [2.75, 3.05) is 20.1 Å². The molecule has 0 aliphatic carbocycles. The molecule has 1 saturated heterocycles. The number of hydrogen-bond donors (Lipinski definition) is 1. The van der Waals surface area contributed by atoms with E-state index >= 15 is 0 Å². The molecule has 5 nitrogen and oxygen atoms in total. The van der Waals surface area contributed by atoms with Gasteiger partial charge in [-0.3, -0.25) is 4.79 Å². The maximum atomic E-state index is 12.0.